The molecular weight excluding hydrogens is 104 g/mol. The van der Waals surface area contributed by atoms with Crippen molar-refractivity contribution in [2.75, 3.05) is 5.88 Å². The third kappa shape index (κ3) is 1.84. The third-order valence-electron chi connectivity index (χ3n) is 0.265. The topological polar surface area (TPSA) is 58.6 Å². The minimum absolute atomic E-state index is 0.0386. The van der Waals surface area contributed by atoms with Crippen LogP contribution in [0.2, 0.25) is 0 Å². The first-order valence-corrected chi connectivity index (χ1v) is 1.87. The number of oxime groups is 1. The molecule has 0 unspecified atom stereocenters. The molecule has 0 fully saturated rings. The van der Waals surface area contributed by atoms with Crippen molar-refractivity contribution in [1.29, 1.82) is 0 Å². The van der Waals surface area contributed by atoms with E-state index in [1.807, 2.05) is 0 Å². The molecule has 0 saturated carbocycles. The summed E-state index contributed by atoms with van der Waals surface area (Å²) in [4.78, 5) is 0. The van der Waals surface area contributed by atoms with Gasteiger partial charge in [-0.2, -0.15) is 0 Å². The summed E-state index contributed by atoms with van der Waals surface area (Å²) in [7, 11) is 0. The zero-order chi connectivity index (χ0) is 4.99. The van der Waals surface area contributed by atoms with Gasteiger partial charge < -0.3 is 10.9 Å². The van der Waals surface area contributed by atoms with Crippen LogP contribution in [0.4, 0.5) is 0 Å². The first-order chi connectivity index (χ1) is 2.81. The van der Waals surface area contributed by atoms with Gasteiger partial charge in [0.2, 0.25) is 0 Å². The Morgan fingerprint density at radius 1 is 2.00 bits per heavy atom. The van der Waals surface area contributed by atoms with Crippen LogP contribution in [0.25, 0.3) is 0 Å². The number of amidine groups is 1. The second kappa shape index (κ2) is 2.78. The van der Waals surface area contributed by atoms with Crippen LogP contribution in [-0.4, -0.2) is 16.9 Å². The fourth-order valence-corrected chi connectivity index (χ4v) is 0.0802. The summed E-state index contributed by atoms with van der Waals surface area (Å²) in [5.41, 5.74) is 4.84. The molecule has 0 bridgehead atoms. The van der Waals surface area contributed by atoms with Crippen LogP contribution in [-0.2, 0) is 0 Å². The summed E-state index contributed by atoms with van der Waals surface area (Å²) in [6.45, 7) is 0. The maximum absolute atomic E-state index is 7.71. The Morgan fingerprint density at radius 2 is 2.50 bits per heavy atom. The van der Waals surface area contributed by atoms with E-state index in [0.717, 1.165) is 0 Å². The van der Waals surface area contributed by atoms with Gasteiger partial charge >= 0.3 is 0 Å². The lowest BCUT2D eigenvalue weighted by Gasteiger charge is -1.81. The summed E-state index contributed by atoms with van der Waals surface area (Å²) in [5.74, 6) is 0.118. The number of nitrogens with zero attached hydrogens (tertiary/aromatic N) is 1. The van der Waals surface area contributed by atoms with E-state index in [4.69, 9.17) is 22.5 Å². The smallest absolute Gasteiger partial charge is 0.154 e. The molecule has 3 nitrogen and oxygen atoms in total. The Hall–Kier alpha value is -0.440. The van der Waals surface area contributed by atoms with Gasteiger partial charge in [-0.3, -0.25) is 0 Å². The molecule has 0 atom stereocenters. The first kappa shape index (κ1) is 5.56. The van der Waals surface area contributed by atoms with E-state index < -0.39 is 0 Å². The molecule has 0 aliphatic rings. The summed E-state index contributed by atoms with van der Waals surface area (Å²) in [6, 6.07) is 0. The van der Waals surface area contributed by atoms with Gasteiger partial charge in [-0.1, -0.05) is 5.16 Å². The van der Waals surface area contributed by atoms with Crippen LogP contribution in [0.1, 0.15) is 0 Å². The molecule has 0 aromatic heterocycles. The highest BCUT2D eigenvalue weighted by Gasteiger charge is 1.80. The van der Waals surface area contributed by atoms with Gasteiger partial charge in [-0.15, -0.1) is 11.6 Å². The maximum Gasteiger partial charge on any atom is 0.154 e. The molecule has 0 amide bonds. The summed E-state index contributed by atoms with van der Waals surface area (Å²) in [6.07, 6.45) is 0. The van der Waals surface area contributed by atoms with Crippen LogP contribution in [0.15, 0.2) is 5.16 Å². The van der Waals surface area contributed by atoms with E-state index in [-0.39, 0.29) is 11.7 Å². The number of halogens is 1. The van der Waals surface area contributed by atoms with E-state index in [0.29, 0.717) is 0 Å². The Balaban J connectivity index is 3.22. The predicted molar refractivity (Wildman–Crippen MR) is 24.1 cm³/mol. The Morgan fingerprint density at radius 3 is 2.50 bits per heavy atom. The van der Waals surface area contributed by atoms with Gasteiger partial charge in [0.1, 0.15) is 0 Å². The highest BCUT2D eigenvalue weighted by atomic mass is 35.5. The molecule has 0 rings (SSSR count). The minimum Gasteiger partial charge on any atom is -0.409 e. The average molecular weight is 110 g/mol. The van der Waals surface area contributed by atoms with Crippen molar-refractivity contribution in [3.8, 4) is 0 Å². The number of alkyl halides is 1. The van der Waals surface area contributed by atoms with E-state index in [1.54, 1.807) is 0 Å². The largest absolute Gasteiger partial charge is 0.409 e. The van der Waals surface area contributed by atoms with Crippen LogP contribution < -0.4 is 5.73 Å². The van der Waals surface area contributed by atoms with Crippen molar-refractivity contribution in [1.82, 2.24) is 0 Å². The van der Waals surface area contributed by atoms with Crippen molar-refractivity contribution in [2.45, 2.75) is 0 Å². The lowest BCUT2D eigenvalue weighted by Crippen LogP contribution is -2.12. The summed E-state index contributed by atoms with van der Waals surface area (Å²) in [5, 5.41) is 10.3. The molecule has 0 heterocycles. The van der Waals surface area contributed by atoms with E-state index >= 15 is 0 Å². The molecule has 0 spiro atoms. The normalized spacial score (nSPS) is 11.8. The Labute approximate surface area is 40.4 Å². The molecule has 36 valence electrons. The van der Waals surface area contributed by atoms with Gasteiger partial charge in [-0.25, -0.2) is 0 Å². The number of hydrogen-bond donors (Lipinski definition) is 2. The summed E-state index contributed by atoms with van der Waals surface area (Å²) < 4.78 is 0. The van der Waals surface area contributed by atoms with Gasteiger partial charge in [0.15, 0.2) is 5.84 Å². The monoisotopic (exact) mass is 109 g/mol. The number of hydrogen-bond acceptors (Lipinski definition) is 2. The molecule has 0 aromatic carbocycles. The van der Waals surface area contributed by atoms with Gasteiger partial charge in [0, 0.05) is 0 Å². The third-order valence-corrected chi connectivity index (χ3v) is 0.539. The standard InChI is InChI=1S/C2H5ClN2O/c3-1-2(4)5-6/h6H,1H2,(H2,4,5)/i4+1. The SMILES string of the molecule is [15NH2]/C(CCl)=N\O. The van der Waals surface area contributed by atoms with Crippen molar-refractivity contribution in [3.05, 3.63) is 0 Å². The van der Waals surface area contributed by atoms with Crippen molar-refractivity contribution >= 4 is 17.4 Å². The highest BCUT2D eigenvalue weighted by Crippen LogP contribution is 1.70. The Kier molecular flexibility index (Phi) is 2.58. The second-order valence-electron chi connectivity index (χ2n) is 0.725. The molecule has 0 aromatic rings. The lowest BCUT2D eigenvalue weighted by atomic mass is 10.8. The highest BCUT2D eigenvalue weighted by molar-refractivity contribution is 6.27. The van der Waals surface area contributed by atoms with Crippen LogP contribution in [0.3, 0.4) is 0 Å². The fraction of sp³-hybridized carbons (Fsp3) is 0.500. The average Bonchev–Trinajstić information content (AvgIpc) is 1.65. The van der Waals surface area contributed by atoms with Gasteiger partial charge in [-0.05, 0) is 0 Å². The summed E-state index contributed by atoms with van der Waals surface area (Å²) >= 11 is 5.04. The lowest BCUT2D eigenvalue weighted by molar-refractivity contribution is 0.318. The maximum atomic E-state index is 7.71. The quantitative estimate of drug-likeness (QED) is 0.124. The fourth-order valence-electron chi connectivity index (χ4n) is 0.0267. The second-order valence-corrected chi connectivity index (χ2v) is 0.992. The van der Waals surface area contributed by atoms with E-state index in [2.05, 4.69) is 5.16 Å². The van der Waals surface area contributed by atoms with Gasteiger partial charge in [0.05, 0.1) is 5.88 Å². The van der Waals surface area contributed by atoms with Crippen LogP contribution in [0.5, 0.6) is 0 Å². The molecular formula is C2H5ClN2O. The Bertz CT molecular complexity index is 62.6. The van der Waals surface area contributed by atoms with Gasteiger partial charge in [0.25, 0.3) is 0 Å². The number of rotatable bonds is 1. The molecule has 0 aliphatic carbocycles. The minimum atomic E-state index is 0.0386. The molecule has 0 aliphatic heterocycles. The van der Waals surface area contributed by atoms with E-state index in [9.17, 15) is 0 Å². The zero-order valence-electron chi connectivity index (χ0n) is 3.06. The molecule has 6 heavy (non-hydrogen) atoms. The van der Waals surface area contributed by atoms with Crippen molar-refractivity contribution in [3.63, 3.8) is 0 Å². The zero-order valence-corrected chi connectivity index (χ0v) is 3.81. The van der Waals surface area contributed by atoms with E-state index in [1.165, 1.54) is 0 Å². The molecule has 0 saturated heterocycles. The molecule has 4 heteroatoms. The predicted octanol–water partition coefficient (Wildman–Crippen LogP) is -0.0284. The van der Waals surface area contributed by atoms with Crippen molar-refractivity contribution < 1.29 is 5.21 Å². The van der Waals surface area contributed by atoms with Crippen LogP contribution >= 0.6 is 11.6 Å². The number of nitrogens with two attached hydrogens (primary N) is 1. The molecule has 3 N–H and O–H groups in total. The van der Waals surface area contributed by atoms with Crippen LogP contribution in [0, 0.1) is 0 Å². The van der Waals surface area contributed by atoms with Crippen molar-refractivity contribution in [2.24, 2.45) is 10.9 Å². The molecule has 0 radical (unpaired) electrons. The first-order valence-electron chi connectivity index (χ1n) is 1.33.